The van der Waals surface area contributed by atoms with E-state index in [1.165, 1.54) is 0 Å². The molecule has 2 N–H and O–H groups in total. The standard InChI is InChI=1S/C25H33N3O2/c1-3-8-23(29)26-17-20-9-7-16-28(18-20)24(21-10-5-4-6-11-21)25(30)27-22-14-12-19(2)13-15-22/h4-6,10-15,20,24H,3,7-9,16-18H2,1-2H3,(H,26,29)(H,27,30). The summed E-state index contributed by atoms with van der Waals surface area (Å²) in [6.07, 6.45) is 3.53. The topological polar surface area (TPSA) is 61.4 Å². The number of hydrogen-bond acceptors (Lipinski definition) is 3. The van der Waals surface area contributed by atoms with Crippen LogP contribution in [-0.2, 0) is 9.59 Å². The van der Waals surface area contributed by atoms with Gasteiger partial charge >= 0.3 is 0 Å². The van der Waals surface area contributed by atoms with Gasteiger partial charge in [-0.25, -0.2) is 0 Å². The van der Waals surface area contributed by atoms with Gasteiger partial charge in [-0.05, 0) is 56.3 Å². The maximum Gasteiger partial charge on any atom is 0.246 e. The molecule has 2 aromatic carbocycles. The molecule has 0 spiro atoms. The number of carbonyl (C=O) groups is 2. The van der Waals surface area contributed by atoms with Crippen molar-refractivity contribution in [1.29, 1.82) is 0 Å². The quantitative estimate of drug-likeness (QED) is 0.686. The molecule has 2 amide bonds. The highest BCUT2D eigenvalue weighted by molar-refractivity contribution is 5.95. The highest BCUT2D eigenvalue weighted by atomic mass is 16.2. The van der Waals surface area contributed by atoms with Gasteiger partial charge in [-0.1, -0.05) is 55.0 Å². The Labute approximate surface area is 179 Å². The summed E-state index contributed by atoms with van der Waals surface area (Å²) in [6.45, 7) is 6.40. The van der Waals surface area contributed by atoms with E-state index in [4.69, 9.17) is 0 Å². The van der Waals surface area contributed by atoms with E-state index in [-0.39, 0.29) is 17.9 Å². The number of nitrogens with zero attached hydrogens (tertiary/aromatic N) is 1. The molecular weight excluding hydrogens is 374 g/mol. The highest BCUT2D eigenvalue weighted by Crippen LogP contribution is 2.28. The number of anilines is 1. The number of likely N-dealkylation sites (tertiary alicyclic amines) is 1. The minimum Gasteiger partial charge on any atom is -0.356 e. The molecule has 1 aliphatic rings. The van der Waals surface area contributed by atoms with E-state index in [0.717, 1.165) is 49.2 Å². The second-order valence-corrected chi connectivity index (χ2v) is 8.23. The number of hydrogen-bond donors (Lipinski definition) is 2. The lowest BCUT2D eigenvalue weighted by atomic mass is 9.94. The van der Waals surface area contributed by atoms with Crippen molar-refractivity contribution in [3.63, 3.8) is 0 Å². The summed E-state index contributed by atoms with van der Waals surface area (Å²) in [7, 11) is 0. The summed E-state index contributed by atoms with van der Waals surface area (Å²) in [5, 5.41) is 6.16. The summed E-state index contributed by atoms with van der Waals surface area (Å²) in [4.78, 5) is 27.5. The van der Waals surface area contributed by atoms with Gasteiger partial charge < -0.3 is 10.6 Å². The van der Waals surface area contributed by atoms with E-state index in [1.54, 1.807) is 0 Å². The van der Waals surface area contributed by atoms with Gasteiger partial charge in [0.15, 0.2) is 0 Å². The minimum atomic E-state index is -0.346. The SMILES string of the molecule is CCCC(=O)NCC1CCCN(C(C(=O)Nc2ccc(C)cc2)c2ccccc2)C1. The average Bonchev–Trinajstić information content (AvgIpc) is 2.75. The fraction of sp³-hybridized carbons (Fsp3) is 0.440. The first kappa shape index (κ1) is 22.0. The third kappa shape index (κ3) is 6.17. The highest BCUT2D eigenvalue weighted by Gasteiger charge is 2.32. The molecule has 3 rings (SSSR count). The Kier molecular flexibility index (Phi) is 8.03. The van der Waals surface area contributed by atoms with Crippen LogP contribution in [0.15, 0.2) is 54.6 Å². The molecule has 5 heteroatoms. The smallest absolute Gasteiger partial charge is 0.246 e. The largest absolute Gasteiger partial charge is 0.356 e. The predicted molar refractivity (Wildman–Crippen MR) is 121 cm³/mol. The van der Waals surface area contributed by atoms with E-state index in [2.05, 4.69) is 15.5 Å². The normalized spacial score (nSPS) is 17.9. The van der Waals surface area contributed by atoms with Crippen LogP contribution in [0.2, 0.25) is 0 Å². The Morgan fingerprint density at radius 1 is 1.10 bits per heavy atom. The lowest BCUT2D eigenvalue weighted by molar-refractivity contribution is -0.123. The summed E-state index contributed by atoms with van der Waals surface area (Å²) in [6, 6.07) is 17.5. The van der Waals surface area contributed by atoms with Gasteiger partial charge in [0.25, 0.3) is 0 Å². The van der Waals surface area contributed by atoms with E-state index in [9.17, 15) is 9.59 Å². The Morgan fingerprint density at radius 3 is 2.53 bits per heavy atom. The molecule has 0 saturated carbocycles. The molecular formula is C25H33N3O2. The van der Waals surface area contributed by atoms with E-state index >= 15 is 0 Å². The molecule has 2 aromatic rings. The van der Waals surface area contributed by atoms with Crippen molar-refractivity contribution in [3.8, 4) is 0 Å². The van der Waals surface area contributed by atoms with E-state index in [1.807, 2.05) is 68.4 Å². The van der Waals surface area contributed by atoms with Crippen molar-refractivity contribution < 1.29 is 9.59 Å². The van der Waals surface area contributed by atoms with Gasteiger partial charge in [0.05, 0.1) is 0 Å². The summed E-state index contributed by atoms with van der Waals surface area (Å²) in [5.74, 6) is 0.463. The van der Waals surface area contributed by atoms with Crippen LogP contribution in [-0.4, -0.2) is 36.3 Å². The molecule has 30 heavy (non-hydrogen) atoms. The van der Waals surface area contributed by atoms with Crippen LogP contribution >= 0.6 is 0 Å². The third-order valence-corrected chi connectivity index (χ3v) is 5.66. The van der Waals surface area contributed by atoms with Crippen LogP contribution in [0.25, 0.3) is 0 Å². The first-order valence-corrected chi connectivity index (χ1v) is 11.0. The number of nitrogens with one attached hydrogen (secondary N) is 2. The number of piperidine rings is 1. The van der Waals surface area contributed by atoms with Crippen molar-refractivity contribution >= 4 is 17.5 Å². The Hall–Kier alpha value is -2.66. The lowest BCUT2D eigenvalue weighted by Crippen LogP contribution is -2.45. The third-order valence-electron chi connectivity index (χ3n) is 5.66. The van der Waals surface area contributed by atoms with Gasteiger partial charge in [-0.3, -0.25) is 14.5 Å². The summed E-state index contributed by atoms with van der Waals surface area (Å²) < 4.78 is 0. The second-order valence-electron chi connectivity index (χ2n) is 8.23. The fourth-order valence-corrected chi connectivity index (χ4v) is 4.08. The zero-order valence-electron chi connectivity index (χ0n) is 18.1. The summed E-state index contributed by atoms with van der Waals surface area (Å²) in [5.41, 5.74) is 2.97. The van der Waals surface area contributed by atoms with Gasteiger partial charge in [0.1, 0.15) is 6.04 Å². The van der Waals surface area contributed by atoms with Crippen molar-refractivity contribution in [3.05, 3.63) is 65.7 Å². The molecule has 5 nitrogen and oxygen atoms in total. The van der Waals surface area contributed by atoms with Crippen LogP contribution in [0, 0.1) is 12.8 Å². The monoisotopic (exact) mass is 407 g/mol. The Bertz CT molecular complexity index is 820. The van der Waals surface area contributed by atoms with Gasteiger partial charge in [-0.15, -0.1) is 0 Å². The fourth-order valence-electron chi connectivity index (χ4n) is 4.08. The number of rotatable bonds is 8. The maximum atomic E-state index is 13.3. The Morgan fingerprint density at radius 2 is 1.83 bits per heavy atom. The van der Waals surface area contributed by atoms with Gasteiger partial charge in [0.2, 0.25) is 11.8 Å². The molecule has 2 unspecified atom stereocenters. The maximum absolute atomic E-state index is 13.3. The molecule has 0 bridgehead atoms. The number of benzene rings is 2. The van der Waals surface area contributed by atoms with Gasteiger partial charge in [0, 0.05) is 25.2 Å². The lowest BCUT2D eigenvalue weighted by Gasteiger charge is -2.38. The zero-order valence-corrected chi connectivity index (χ0v) is 18.1. The van der Waals surface area contributed by atoms with Crippen LogP contribution in [0.5, 0.6) is 0 Å². The first-order chi connectivity index (χ1) is 14.6. The Balaban J connectivity index is 1.72. The van der Waals surface area contributed by atoms with E-state index in [0.29, 0.717) is 18.9 Å². The molecule has 1 saturated heterocycles. The van der Waals surface area contributed by atoms with Crippen LogP contribution < -0.4 is 10.6 Å². The van der Waals surface area contributed by atoms with Crippen molar-refractivity contribution in [2.75, 3.05) is 25.0 Å². The number of carbonyl (C=O) groups excluding carboxylic acids is 2. The average molecular weight is 408 g/mol. The van der Waals surface area contributed by atoms with Crippen molar-refractivity contribution in [1.82, 2.24) is 10.2 Å². The summed E-state index contributed by atoms with van der Waals surface area (Å²) >= 11 is 0. The predicted octanol–water partition coefficient (Wildman–Crippen LogP) is 4.30. The van der Waals surface area contributed by atoms with Crippen LogP contribution in [0.3, 0.4) is 0 Å². The number of aryl methyl sites for hydroxylation is 1. The molecule has 1 aliphatic heterocycles. The molecule has 1 heterocycles. The second kappa shape index (κ2) is 10.9. The van der Waals surface area contributed by atoms with Crippen LogP contribution in [0.4, 0.5) is 5.69 Å². The minimum absolute atomic E-state index is 0.0132. The molecule has 0 aromatic heterocycles. The van der Waals surface area contributed by atoms with Crippen LogP contribution in [0.1, 0.15) is 49.8 Å². The number of amides is 2. The molecule has 0 aliphatic carbocycles. The zero-order chi connectivity index (χ0) is 21.3. The van der Waals surface area contributed by atoms with Gasteiger partial charge in [-0.2, -0.15) is 0 Å². The van der Waals surface area contributed by atoms with E-state index < -0.39 is 0 Å². The van der Waals surface area contributed by atoms with Crippen molar-refractivity contribution in [2.24, 2.45) is 5.92 Å². The van der Waals surface area contributed by atoms with Crippen molar-refractivity contribution in [2.45, 2.75) is 45.6 Å². The molecule has 2 atom stereocenters. The molecule has 160 valence electrons. The molecule has 0 radical (unpaired) electrons. The molecule has 1 fully saturated rings. The first-order valence-electron chi connectivity index (χ1n) is 11.0.